The Bertz CT molecular complexity index is 1470. The van der Waals surface area contributed by atoms with Crippen LogP contribution in [-0.2, 0) is 21.4 Å². The van der Waals surface area contributed by atoms with Crippen LogP contribution >= 0.6 is 11.8 Å². The number of thioether (sulfide) groups is 1. The topological polar surface area (TPSA) is 93.3 Å². The van der Waals surface area contributed by atoms with Gasteiger partial charge >= 0.3 is 5.97 Å². The molecule has 1 heterocycles. The van der Waals surface area contributed by atoms with Gasteiger partial charge < -0.3 is 19.8 Å². The number of carbonyl (C=O) groups excluding carboxylic acids is 2. The second-order valence-electron chi connectivity index (χ2n) is 10.3. The molecule has 8 heteroatoms. The van der Waals surface area contributed by atoms with E-state index in [4.69, 9.17) is 9.47 Å². The minimum atomic E-state index is -0.726. The molecular formula is C34H37N3O4S. The lowest BCUT2D eigenvalue weighted by Crippen LogP contribution is -2.45. The molecule has 0 atom stereocenters. The number of unbranched alkanes of at least 4 members (excludes halogenated alkanes) is 2. The number of carbonyl (C=O) groups is 2. The summed E-state index contributed by atoms with van der Waals surface area (Å²) in [6.45, 7) is 2.67. The first kappa shape index (κ1) is 29.5. The van der Waals surface area contributed by atoms with E-state index in [0.29, 0.717) is 24.0 Å². The molecule has 4 aromatic rings. The van der Waals surface area contributed by atoms with E-state index >= 15 is 0 Å². The minimum absolute atomic E-state index is 0.0601. The second-order valence-corrected chi connectivity index (χ2v) is 11.4. The highest BCUT2D eigenvalue weighted by atomic mass is 32.2. The molecular weight excluding hydrogens is 546 g/mol. The standard InChI is InChI=1S/C34H37N3O4S/c1-3-41-31(38)30-23-36-33(37-30)42-22-10-4-9-20-34(32(39)35-21-19-24-15-17-25(40-2)18-16-24)28-13-7-5-11-26(28)27-12-6-8-14-29(27)34/h5-8,11-18,23H,3-4,9-10,19-22H2,1-2H3,(H,35,39)(H,36,37). The van der Waals surface area contributed by atoms with Crippen LogP contribution in [0.3, 0.4) is 0 Å². The lowest BCUT2D eigenvalue weighted by Gasteiger charge is -2.31. The lowest BCUT2D eigenvalue weighted by molar-refractivity contribution is -0.125. The third-order valence-electron chi connectivity index (χ3n) is 7.79. The molecule has 2 N–H and O–H groups in total. The molecule has 0 saturated heterocycles. The first-order valence-electron chi connectivity index (χ1n) is 14.5. The summed E-state index contributed by atoms with van der Waals surface area (Å²) < 4.78 is 10.3. The maximum absolute atomic E-state index is 14.2. The molecule has 1 aliphatic rings. The first-order chi connectivity index (χ1) is 20.6. The number of benzene rings is 3. The third-order valence-corrected chi connectivity index (χ3v) is 8.77. The molecule has 7 nitrogen and oxygen atoms in total. The molecule has 5 rings (SSSR count). The van der Waals surface area contributed by atoms with Crippen molar-refractivity contribution in [2.24, 2.45) is 0 Å². The van der Waals surface area contributed by atoms with E-state index < -0.39 is 5.41 Å². The van der Waals surface area contributed by atoms with Gasteiger partial charge in [0.1, 0.15) is 16.9 Å². The fourth-order valence-electron chi connectivity index (χ4n) is 5.74. The molecule has 0 saturated carbocycles. The second kappa shape index (κ2) is 13.7. The van der Waals surface area contributed by atoms with Gasteiger partial charge in [-0.05, 0) is 66.1 Å². The van der Waals surface area contributed by atoms with E-state index in [2.05, 4.69) is 39.6 Å². The summed E-state index contributed by atoms with van der Waals surface area (Å²) >= 11 is 1.59. The SMILES string of the molecule is CCOC(=O)c1cnc(SCCCCCC2(C(=O)NCCc3ccc(OC)cc3)c3ccccc3-c3ccccc32)[nH]1. The summed E-state index contributed by atoms with van der Waals surface area (Å²) in [5.41, 5.74) is 5.26. The molecule has 1 aromatic heterocycles. The van der Waals surface area contributed by atoms with Gasteiger partial charge in [-0.2, -0.15) is 0 Å². The lowest BCUT2D eigenvalue weighted by atomic mass is 9.73. The number of amides is 1. The van der Waals surface area contributed by atoms with Crippen LogP contribution in [0.2, 0.25) is 0 Å². The Balaban J connectivity index is 1.24. The van der Waals surface area contributed by atoms with Crippen LogP contribution in [0.15, 0.2) is 84.1 Å². The monoisotopic (exact) mass is 583 g/mol. The Morgan fingerprint density at radius 1 is 0.929 bits per heavy atom. The van der Waals surface area contributed by atoms with Crippen LogP contribution in [0.1, 0.15) is 59.8 Å². The van der Waals surface area contributed by atoms with Crippen molar-refractivity contribution in [1.29, 1.82) is 0 Å². The van der Waals surface area contributed by atoms with Crippen LogP contribution in [0, 0.1) is 0 Å². The van der Waals surface area contributed by atoms with E-state index in [1.165, 1.54) is 6.20 Å². The summed E-state index contributed by atoms with van der Waals surface area (Å²) in [6.07, 6.45) is 5.85. The molecule has 3 aromatic carbocycles. The van der Waals surface area contributed by atoms with Gasteiger partial charge in [0.05, 0.1) is 19.9 Å². The maximum Gasteiger partial charge on any atom is 0.356 e. The molecule has 0 bridgehead atoms. The molecule has 0 unspecified atom stereocenters. The van der Waals surface area contributed by atoms with Crippen LogP contribution < -0.4 is 10.1 Å². The van der Waals surface area contributed by atoms with E-state index in [9.17, 15) is 9.59 Å². The third kappa shape index (κ3) is 6.23. The zero-order valence-electron chi connectivity index (χ0n) is 24.2. The zero-order valence-corrected chi connectivity index (χ0v) is 25.0. The van der Waals surface area contributed by atoms with Crippen LogP contribution in [0.25, 0.3) is 11.1 Å². The van der Waals surface area contributed by atoms with Gasteiger partial charge in [-0.15, -0.1) is 0 Å². The Morgan fingerprint density at radius 3 is 2.29 bits per heavy atom. The number of nitrogens with zero attached hydrogens (tertiary/aromatic N) is 1. The van der Waals surface area contributed by atoms with Gasteiger partial charge in [-0.3, -0.25) is 4.79 Å². The van der Waals surface area contributed by atoms with Crippen molar-refractivity contribution < 1.29 is 19.1 Å². The van der Waals surface area contributed by atoms with Crippen LogP contribution in [0.4, 0.5) is 0 Å². The summed E-state index contributed by atoms with van der Waals surface area (Å²) in [6, 6.07) is 24.6. The summed E-state index contributed by atoms with van der Waals surface area (Å²) in [4.78, 5) is 33.4. The normalized spacial score (nSPS) is 12.8. The van der Waals surface area contributed by atoms with Gasteiger partial charge in [0, 0.05) is 12.3 Å². The molecule has 1 aliphatic carbocycles. The number of ether oxygens (including phenoxy) is 2. The number of aromatic nitrogens is 2. The van der Waals surface area contributed by atoms with Crippen molar-refractivity contribution in [3.05, 3.63) is 101 Å². The maximum atomic E-state index is 14.2. The quantitative estimate of drug-likeness (QED) is 0.0991. The number of hydrogen-bond acceptors (Lipinski definition) is 6. The number of aromatic amines is 1. The number of methoxy groups -OCH3 is 1. The van der Waals surface area contributed by atoms with Crippen molar-refractivity contribution >= 4 is 23.6 Å². The summed E-state index contributed by atoms with van der Waals surface area (Å²) in [5, 5.41) is 4.01. The number of esters is 1. The van der Waals surface area contributed by atoms with Gasteiger partial charge in [0.2, 0.25) is 5.91 Å². The van der Waals surface area contributed by atoms with Gasteiger partial charge in [-0.25, -0.2) is 9.78 Å². The van der Waals surface area contributed by atoms with Crippen molar-refractivity contribution in [2.75, 3.05) is 26.0 Å². The zero-order chi connectivity index (χ0) is 29.4. The van der Waals surface area contributed by atoms with Crippen LogP contribution in [0.5, 0.6) is 5.75 Å². The molecule has 0 aliphatic heterocycles. The molecule has 1 amide bonds. The number of rotatable bonds is 14. The minimum Gasteiger partial charge on any atom is -0.497 e. The Kier molecular flexibility index (Phi) is 9.64. The van der Waals surface area contributed by atoms with Gasteiger partial charge in [0.15, 0.2) is 5.16 Å². The molecule has 218 valence electrons. The first-order valence-corrected chi connectivity index (χ1v) is 15.5. The van der Waals surface area contributed by atoms with Crippen LogP contribution in [-0.4, -0.2) is 47.9 Å². The average Bonchev–Trinajstić information content (AvgIpc) is 3.61. The van der Waals surface area contributed by atoms with E-state index in [-0.39, 0.29) is 11.9 Å². The fraction of sp³-hybridized carbons (Fsp3) is 0.324. The number of fused-ring (bicyclic) bond motifs is 3. The van der Waals surface area contributed by atoms with Crippen molar-refractivity contribution in [3.8, 4) is 16.9 Å². The highest BCUT2D eigenvalue weighted by molar-refractivity contribution is 7.99. The van der Waals surface area contributed by atoms with Crippen molar-refractivity contribution in [3.63, 3.8) is 0 Å². The Labute approximate surface area is 251 Å². The fourth-order valence-corrected chi connectivity index (χ4v) is 6.59. The van der Waals surface area contributed by atoms with Gasteiger partial charge in [-0.1, -0.05) is 85.3 Å². The number of nitrogens with one attached hydrogen (secondary N) is 2. The van der Waals surface area contributed by atoms with Crippen molar-refractivity contribution in [2.45, 2.75) is 49.6 Å². The molecule has 0 radical (unpaired) electrons. The number of imidazole rings is 1. The molecule has 0 fully saturated rings. The van der Waals surface area contributed by atoms with E-state index in [0.717, 1.165) is 71.4 Å². The predicted octanol–water partition coefficient (Wildman–Crippen LogP) is 6.57. The highest BCUT2D eigenvalue weighted by Crippen LogP contribution is 2.51. The van der Waals surface area contributed by atoms with E-state index in [1.54, 1.807) is 25.8 Å². The number of H-pyrrole nitrogens is 1. The smallest absolute Gasteiger partial charge is 0.356 e. The molecule has 0 spiro atoms. The Hall–Kier alpha value is -4.04. The summed E-state index contributed by atoms with van der Waals surface area (Å²) in [5.74, 6) is 1.36. The van der Waals surface area contributed by atoms with Gasteiger partial charge in [0.25, 0.3) is 0 Å². The molecule has 42 heavy (non-hydrogen) atoms. The average molecular weight is 584 g/mol. The Morgan fingerprint density at radius 2 is 1.62 bits per heavy atom. The summed E-state index contributed by atoms with van der Waals surface area (Å²) in [7, 11) is 1.66. The largest absolute Gasteiger partial charge is 0.497 e. The van der Waals surface area contributed by atoms with E-state index in [1.807, 2.05) is 48.5 Å². The number of hydrogen-bond donors (Lipinski definition) is 2. The predicted molar refractivity (Wildman–Crippen MR) is 166 cm³/mol. The highest BCUT2D eigenvalue weighted by Gasteiger charge is 2.48. The van der Waals surface area contributed by atoms with Crippen molar-refractivity contribution in [1.82, 2.24) is 15.3 Å².